The van der Waals surface area contributed by atoms with Crippen molar-refractivity contribution in [2.24, 2.45) is 0 Å². The van der Waals surface area contributed by atoms with E-state index < -0.39 is 17.7 Å². The van der Waals surface area contributed by atoms with Gasteiger partial charge >= 0.3 is 0 Å². The Morgan fingerprint density at radius 2 is 1.79 bits per heavy atom. The number of halogens is 2. The number of aliphatic hydroxyl groups is 1. The average molecular weight is 539 g/mol. The van der Waals surface area contributed by atoms with Crippen molar-refractivity contribution in [3.63, 3.8) is 0 Å². The van der Waals surface area contributed by atoms with Gasteiger partial charge in [-0.05, 0) is 51.3 Å². The molecule has 2 atom stereocenters. The highest BCUT2D eigenvalue weighted by molar-refractivity contribution is 8.93. The molecular formula is C25H33BrClN3O3. The fraction of sp³-hybridized carbons (Fsp3) is 0.440. The third-order valence-electron chi connectivity index (χ3n) is 5.83. The van der Waals surface area contributed by atoms with E-state index >= 15 is 0 Å². The highest BCUT2D eigenvalue weighted by Gasteiger charge is 2.33. The largest absolute Gasteiger partial charge is 0.387 e. The van der Waals surface area contributed by atoms with Gasteiger partial charge in [0.15, 0.2) is 0 Å². The monoisotopic (exact) mass is 537 g/mol. The summed E-state index contributed by atoms with van der Waals surface area (Å²) in [4.78, 5) is 27.6. The lowest BCUT2D eigenvalue weighted by molar-refractivity contribution is -0.126. The van der Waals surface area contributed by atoms with E-state index in [1.807, 2.05) is 44.2 Å². The van der Waals surface area contributed by atoms with Crippen LogP contribution in [0.25, 0.3) is 0 Å². The van der Waals surface area contributed by atoms with Gasteiger partial charge in [0.25, 0.3) is 5.91 Å². The van der Waals surface area contributed by atoms with Crippen LogP contribution < -0.4 is 10.6 Å². The Labute approximate surface area is 211 Å². The predicted molar refractivity (Wildman–Crippen MR) is 137 cm³/mol. The Morgan fingerprint density at radius 3 is 2.48 bits per heavy atom. The maximum Gasteiger partial charge on any atom is 0.254 e. The van der Waals surface area contributed by atoms with Crippen LogP contribution in [0, 0.1) is 0 Å². The number of aliphatic hydroxyl groups excluding tert-OH is 1. The zero-order valence-electron chi connectivity index (χ0n) is 19.1. The fourth-order valence-electron chi connectivity index (χ4n) is 3.91. The Bertz CT molecular complexity index is 926. The van der Waals surface area contributed by atoms with Crippen LogP contribution in [0.4, 0.5) is 0 Å². The van der Waals surface area contributed by atoms with Gasteiger partial charge in [-0.2, -0.15) is 0 Å². The highest BCUT2D eigenvalue weighted by Crippen LogP contribution is 2.23. The van der Waals surface area contributed by atoms with Crippen molar-refractivity contribution in [2.75, 3.05) is 19.6 Å². The summed E-state index contributed by atoms with van der Waals surface area (Å²) in [6.45, 7) is 5.16. The number of likely N-dealkylation sites (tertiary alicyclic amines) is 1. The predicted octanol–water partition coefficient (Wildman–Crippen LogP) is 4.13. The summed E-state index contributed by atoms with van der Waals surface area (Å²) in [7, 11) is 0. The molecule has 0 radical (unpaired) electrons. The van der Waals surface area contributed by atoms with E-state index in [9.17, 15) is 14.7 Å². The number of hydrogen-bond acceptors (Lipinski definition) is 4. The lowest BCUT2D eigenvalue weighted by Gasteiger charge is -2.36. The Morgan fingerprint density at radius 1 is 1.12 bits per heavy atom. The number of benzene rings is 2. The Kier molecular flexibility index (Phi) is 10.4. The van der Waals surface area contributed by atoms with E-state index in [0.717, 1.165) is 12.8 Å². The first-order chi connectivity index (χ1) is 15.3. The molecule has 2 aromatic carbocycles. The van der Waals surface area contributed by atoms with Gasteiger partial charge in [-0.3, -0.25) is 9.59 Å². The molecule has 33 heavy (non-hydrogen) atoms. The zero-order valence-corrected chi connectivity index (χ0v) is 21.6. The van der Waals surface area contributed by atoms with Crippen molar-refractivity contribution in [3.8, 4) is 0 Å². The van der Waals surface area contributed by atoms with Crippen LogP contribution in [0.5, 0.6) is 0 Å². The summed E-state index contributed by atoms with van der Waals surface area (Å²) >= 11 is 6.16. The van der Waals surface area contributed by atoms with E-state index in [1.54, 1.807) is 29.2 Å². The van der Waals surface area contributed by atoms with Gasteiger partial charge in [-0.15, -0.1) is 17.0 Å². The number of β-amino-alcohol motifs (C(OH)–C–C–N with tert-alkyl or cyclic N) is 1. The number of piperidine rings is 1. The van der Waals surface area contributed by atoms with Crippen LogP contribution in [0.3, 0.4) is 0 Å². The summed E-state index contributed by atoms with van der Waals surface area (Å²) in [5, 5.41) is 17.3. The molecule has 3 rings (SSSR count). The molecule has 0 saturated carbocycles. The highest BCUT2D eigenvalue weighted by atomic mass is 79.9. The molecule has 3 N–H and O–H groups in total. The number of nitrogens with zero attached hydrogens (tertiary/aromatic N) is 1. The average Bonchev–Trinajstić information content (AvgIpc) is 2.81. The van der Waals surface area contributed by atoms with Gasteiger partial charge in [-0.25, -0.2) is 0 Å². The smallest absolute Gasteiger partial charge is 0.254 e. The number of carbonyl (C=O) groups is 2. The second-order valence-electron chi connectivity index (χ2n) is 8.90. The maximum absolute atomic E-state index is 13.0. The number of carbonyl (C=O) groups excluding carboxylic acids is 2. The van der Waals surface area contributed by atoms with Crippen molar-refractivity contribution >= 4 is 40.4 Å². The summed E-state index contributed by atoms with van der Waals surface area (Å²) in [6, 6.07) is 15.8. The molecular weight excluding hydrogens is 506 g/mol. The molecule has 0 bridgehead atoms. The van der Waals surface area contributed by atoms with E-state index in [0.29, 0.717) is 42.2 Å². The maximum atomic E-state index is 13.0. The van der Waals surface area contributed by atoms with Gasteiger partial charge < -0.3 is 20.6 Å². The molecule has 2 amide bonds. The second-order valence-corrected chi connectivity index (χ2v) is 9.30. The van der Waals surface area contributed by atoms with Crippen LogP contribution in [0.2, 0.25) is 5.02 Å². The first-order valence-corrected chi connectivity index (χ1v) is 11.5. The lowest BCUT2D eigenvalue weighted by Crippen LogP contribution is -2.56. The molecule has 0 aromatic heterocycles. The summed E-state index contributed by atoms with van der Waals surface area (Å²) in [6.07, 6.45) is 1.72. The number of hydrogen-bond donors (Lipinski definition) is 3. The molecule has 0 aliphatic carbocycles. The third kappa shape index (κ3) is 7.54. The second kappa shape index (κ2) is 12.5. The minimum Gasteiger partial charge on any atom is -0.387 e. The topological polar surface area (TPSA) is 81.7 Å². The van der Waals surface area contributed by atoms with Crippen LogP contribution in [-0.4, -0.2) is 53.0 Å². The molecule has 1 fully saturated rings. The van der Waals surface area contributed by atoms with Gasteiger partial charge in [0.2, 0.25) is 5.91 Å². The van der Waals surface area contributed by atoms with Crippen LogP contribution >= 0.6 is 28.6 Å². The van der Waals surface area contributed by atoms with Gasteiger partial charge in [0, 0.05) is 41.3 Å². The molecule has 8 heteroatoms. The Hall–Kier alpha value is -1.93. The number of nitrogens with one attached hydrogen (secondary N) is 2. The number of rotatable bonds is 8. The van der Waals surface area contributed by atoms with Crippen molar-refractivity contribution in [2.45, 2.75) is 50.8 Å². The summed E-state index contributed by atoms with van der Waals surface area (Å²) in [5.41, 5.74) is 0.808. The summed E-state index contributed by atoms with van der Waals surface area (Å²) < 4.78 is 0. The van der Waals surface area contributed by atoms with E-state index in [1.165, 1.54) is 0 Å². The molecule has 1 aliphatic heterocycles. The minimum atomic E-state index is -0.754. The van der Waals surface area contributed by atoms with Crippen LogP contribution in [-0.2, 0) is 4.79 Å². The van der Waals surface area contributed by atoms with Gasteiger partial charge in [0.05, 0.1) is 6.10 Å². The first-order valence-electron chi connectivity index (χ1n) is 11.1. The lowest BCUT2D eigenvalue weighted by atomic mass is 9.99. The standard InChI is InChI=1S/C25H32ClN3O3.BrH/c1-25(2,28-16-22(30)19-12-6-7-13-20(19)26)17-27-23(31)21-14-8-9-15-29(21)24(32)18-10-4-3-5-11-18;/h3-7,10-13,21-22,28,30H,8-9,14-17H2,1-2H3,(H,27,31);1H. The molecule has 1 aliphatic rings. The Balaban J connectivity index is 0.00000385. The van der Waals surface area contributed by atoms with Crippen LogP contribution in [0.1, 0.15) is 55.1 Å². The van der Waals surface area contributed by atoms with Gasteiger partial charge in [0.1, 0.15) is 6.04 Å². The SMILES string of the molecule is Br.CC(C)(CNC(=O)C1CCCCN1C(=O)c1ccccc1)NCC(O)c1ccccc1Cl. The molecule has 0 spiro atoms. The fourth-order valence-corrected chi connectivity index (χ4v) is 4.17. The van der Waals surface area contributed by atoms with Crippen molar-refractivity contribution < 1.29 is 14.7 Å². The van der Waals surface area contributed by atoms with Crippen LogP contribution in [0.15, 0.2) is 54.6 Å². The van der Waals surface area contributed by atoms with Crippen molar-refractivity contribution in [1.29, 1.82) is 0 Å². The molecule has 2 unspecified atom stereocenters. The molecule has 1 heterocycles. The van der Waals surface area contributed by atoms with E-state index in [4.69, 9.17) is 11.6 Å². The number of amides is 2. The molecule has 180 valence electrons. The van der Waals surface area contributed by atoms with E-state index in [-0.39, 0.29) is 28.8 Å². The molecule has 2 aromatic rings. The van der Waals surface area contributed by atoms with Crippen molar-refractivity contribution in [1.82, 2.24) is 15.5 Å². The summed E-state index contributed by atoms with van der Waals surface area (Å²) in [5.74, 6) is -0.249. The third-order valence-corrected chi connectivity index (χ3v) is 6.17. The van der Waals surface area contributed by atoms with Crippen molar-refractivity contribution in [3.05, 3.63) is 70.7 Å². The zero-order chi connectivity index (χ0) is 23.1. The van der Waals surface area contributed by atoms with E-state index in [2.05, 4.69) is 10.6 Å². The minimum absolute atomic E-state index is 0. The first kappa shape index (κ1) is 27.3. The quantitative estimate of drug-likeness (QED) is 0.472. The van der Waals surface area contributed by atoms with Gasteiger partial charge in [-0.1, -0.05) is 48.0 Å². The normalized spacial score (nSPS) is 17.1. The molecule has 6 nitrogen and oxygen atoms in total. The molecule has 1 saturated heterocycles.